The first-order valence-corrected chi connectivity index (χ1v) is 9.90. The molecule has 1 aliphatic rings. The second-order valence-electron chi connectivity index (χ2n) is 6.59. The second kappa shape index (κ2) is 8.01. The summed E-state index contributed by atoms with van der Waals surface area (Å²) in [7, 11) is 3.25. The van der Waals surface area contributed by atoms with Crippen molar-refractivity contribution < 1.29 is 14.3 Å². The summed E-state index contributed by atoms with van der Waals surface area (Å²) in [4.78, 5) is 17.6. The number of nitrogens with one attached hydrogen (secondary N) is 1. The molecule has 3 aromatic rings. The lowest BCUT2D eigenvalue weighted by molar-refractivity contribution is -0.115. The summed E-state index contributed by atoms with van der Waals surface area (Å²) in [6.45, 7) is 2.02. The minimum absolute atomic E-state index is 0.178. The minimum atomic E-state index is -0.178. The molecule has 0 aromatic heterocycles. The van der Waals surface area contributed by atoms with Gasteiger partial charge in [-0.1, -0.05) is 29.8 Å². The van der Waals surface area contributed by atoms with E-state index in [-0.39, 0.29) is 5.91 Å². The number of rotatable bonds is 4. The molecule has 146 valence electrons. The number of ether oxygens (including phenoxy) is 2. The number of aliphatic imine (C=N–C) groups is 1. The van der Waals surface area contributed by atoms with Crippen LogP contribution in [0.15, 0.2) is 64.5 Å². The first-order valence-electron chi connectivity index (χ1n) is 9.08. The van der Waals surface area contributed by atoms with Crippen molar-refractivity contribution in [1.29, 1.82) is 0 Å². The molecule has 0 radical (unpaired) electrons. The Labute approximate surface area is 173 Å². The van der Waals surface area contributed by atoms with Crippen molar-refractivity contribution >= 4 is 45.4 Å². The van der Waals surface area contributed by atoms with E-state index in [0.29, 0.717) is 15.8 Å². The number of carbonyl (C=O) groups is 1. The fourth-order valence-electron chi connectivity index (χ4n) is 3.10. The number of methoxy groups -OCH3 is 2. The number of carbonyl (C=O) groups excluding carboxylic acids is 1. The van der Waals surface area contributed by atoms with Crippen LogP contribution in [0.25, 0.3) is 16.8 Å². The van der Waals surface area contributed by atoms with Crippen molar-refractivity contribution in [2.24, 2.45) is 4.99 Å². The van der Waals surface area contributed by atoms with Crippen molar-refractivity contribution in [3.63, 3.8) is 0 Å². The normalized spacial score (nSPS) is 16.4. The lowest BCUT2D eigenvalue weighted by atomic mass is 10.0. The van der Waals surface area contributed by atoms with Gasteiger partial charge in [0.25, 0.3) is 5.91 Å². The zero-order valence-electron chi connectivity index (χ0n) is 16.4. The molecule has 0 spiro atoms. The van der Waals surface area contributed by atoms with Crippen LogP contribution in [0.5, 0.6) is 11.5 Å². The van der Waals surface area contributed by atoms with Crippen LogP contribution in [-0.2, 0) is 4.79 Å². The quantitative estimate of drug-likeness (QED) is 0.618. The molecular formula is C23H20N2O3S. The molecule has 5 nitrogen and oxygen atoms in total. The topological polar surface area (TPSA) is 59.9 Å². The largest absolute Gasteiger partial charge is 0.497 e. The molecule has 4 rings (SSSR count). The summed E-state index contributed by atoms with van der Waals surface area (Å²) in [5.74, 6) is 1.26. The Morgan fingerprint density at radius 1 is 1.00 bits per heavy atom. The monoisotopic (exact) mass is 404 g/mol. The van der Waals surface area contributed by atoms with Crippen LogP contribution in [0.1, 0.15) is 11.1 Å². The zero-order chi connectivity index (χ0) is 20.4. The Morgan fingerprint density at radius 2 is 1.76 bits per heavy atom. The van der Waals surface area contributed by atoms with E-state index in [1.165, 1.54) is 11.8 Å². The Morgan fingerprint density at radius 3 is 2.48 bits per heavy atom. The molecule has 0 bridgehead atoms. The van der Waals surface area contributed by atoms with Gasteiger partial charge in [-0.15, -0.1) is 0 Å². The Hall–Kier alpha value is -3.25. The number of amides is 1. The molecule has 1 saturated heterocycles. The number of nitrogens with zero attached hydrogens (tertiary/aromatic N) is 1. The average molecular weight is 404 g/mol. The van der Waals surface area contributed by atoms with Gasteiger partial charge in [-0.05, 0) is 65.9 Å². The molecule has 0 saturated carbocycles. The van der Waals surface area contributed by atoms with E-state index in [2.05, 4.69) is 10.3 Å². The van der Waals surface area contributed by atoms with Gasteiger partial charge in [-0.3, -0.25) is 4.79 Å². The number of amidine groups is 1. The van der Waals surface area contributed by atoms with Crippen LogP contribution in [0, 0.1) is 6.92 Å². The summed E-state index contributed by atoms with van der Waals surface area (Å²) in [6.07, 6.45) is 1.85. The number of hydrogen-bond acceptors (Lipinski definition) is 5. The van der Waals surface area contributed by atoms with E-state index < -0.39 is 0 Å². The Balaban J connectivity index is 1.74. The molecule has 1 aliphatic heterocycles. The maximum Gasteiger partial charge on any atom is 0.264 e. The van der Waals surface area contributed by atoms with Gasteiger partial charge in [0, 0.05) is 5.56 Å². The van der Waals surface area contributed by atoms with Crippen LogP contribution in [0.3, 0.4) is 0 Å². The van der Waals surface area contributed by atoms with E-state index in [1.54, 1.807) is 14.2 Å². The van der Waals surface area contributed by atoms with Crippen LogP contribution in [-0.4, -0.2) is 25.3 Å². The van der Waals surface area contributed by atoms with E-state index in [0.717, 1.165) is 33.3 Å². The third-order valence-corrected chi connectivity index (χ3v) is 5.55. The fourth-order valence-corrected chi connectivity index (χ4v) is 3.93. The molecule has 1 N–H and O–H groups in total. The molecule has 29 heavy (non-hydrogen) atoms. The number of benzene rings is 3. The SMILES string of the molecule is COc1ccc2ccc(OC)c(/C=C3/SC(=Nc4ccc(C)cc4)NC3=O)c2c1. The van der Waals surface area contributed by atoms with Crippen LogP contribution in [0.2, 0.25) is 0 Å². The summed E-state index contributed by atoms with van der Waals surface area (Å²) < 4.78 is 10.9. The second-order valence-corrected chi connectivity index (χ2v) is 7.62. The molecule has 1 fully saturated rings. The molecule has 0 unspecified atom stereocenters. The zero-order valence-corrected chi connectivity index (χ0v) is 17.2. The molecular weight excluding hydrogens is 384 g/mol. The first-order chi connectivity index (χ1) is 14.1. The summed E-state index contributed by atoms with van der Waals surface area (Å²) in [6, 6.07) is 17.6. The number of aryl methyl sites for hydroxylation is 1. The van der Waals surface area contributed by atoms with Crippen LogP contribution < -0.4 is 14.8 Å². The number of fused-ring (bicyclic) bond motifs is 1. The van der Waals surface area contributed by atoms with Gasteiger partial charge in [0.1, 0.15) is 11.5 Å². The highest BCUT2D eigenvalue weighted by Gasteiger charge is 2.24. The molecule has 3 aromatic carbocycles. The lowest BCUT2D eigenvalue weighted by Crippen LogP contribution is -2.19. The molecule has 0 atom stereocenters. The third kappa shape index (κ3) is 3.98. The highest BCUT2D eigenvalue weighted by molar-refractivity contribution is 8.18. The number of hydrogen-bond donors (Lipinski definition) is 1. The lowest BCUT2D eigenvalue weighted by Gasteiger charge is -2.10. The van der Waals surface area contributed by atoms with E-state index >= 15 is 0 Å². The van der Waals surface area contributed by atoms with Crippen molar-refractivity contribution in [1.82, 2.24) is 5.32 Å². The third-order valence-electron chi connectivity index (χ3n) is 4.64. The highest BCUT2D eigenvalue weighted by Crippen LogP contribution is 2.35. The van der Waals surface area contributed by atoms with Gasteiger partial charge in [0.2, 0.25) is 0 Å². The van der Waals surface area contributed by atoms with E-state index in [1.807, 2.05) is 67.6 Å². The van der Waals surface area contributed by atoms with Crippen molar-refractivity contribution in [3.8, 4) is 11.5 Å². The molecule has 1 amide bonds. The van der Waals surface area contributed by atoms with Gasteiger partial charge >= 0.3 is 0 Å². The van der Waals surface area contributed by atoms with Crippen LogP contribution in [0.4, 0.5) is 5.69 Å². The summed E-state index contributed by atoms with van der Waals surface area (Å²) in [5, 5.41) is 5.38. The van der Waals surface area contributed by atoms with Gasteiger partial charge in [0.05, 0.1) is 24.8 Å². The van der Waals surface area contributed by atoms with E-state index in [4.69, 9.17) is 9.47 Å². The highest BCUT2D eigenvalue weighted by atomic mass is 32.2. The maximum atomic E-state index is 12.5. The van der Waals surface area contributed by atoms with Gasteiger partial charge in [-0.2, -0.15) is 0 Å². The summed E-state index contributed by atoms with van der Waals surface area (Å²) >= 11 is 1.31. The standard InChI is InChI=1S/C23H20N2O3S/c1-14-4-8-16(9-5-14)24-23-25-22(26)21(29-23)13-19-18-12-17(27-2)10-6-15(18)7-11-20(19)28-3/h4-13H,1-3H3,(H,24,25,26)/b21-13+. The fraction of sp³-hybridized carbons (Fsp3) is 0.130. The van der Waals surface area contributed by atoms with Gasteiger partial charge in [0.15, 0.2) is 5.17 Å². The Bertz CT molecular complexity index is 1150. The maximum absolute atomic E-state index is 12.5. The molecule has 1 heterocycles. The predicted octanol–water partition coefficient (Wildman–Crippen LogP) is 5.06. The van der Waals surface area contributed by atoms with Crippen molar-refractivity contribution in [3.05, 3.63) is 70.6 Å². The summed E-state index contributed by atoms with van der Waals surface area (Å²) in [5.41, 5.74) is 2.79. The number of thioether (sulfide) groups is 1. The molecule has 6 heteroatoms. The van der Waals surface area contributed by atoms with Crippen LogP contribution >= 0.6 is 11.8 Å². The average Bonchev–Trinajstić information content (AvgIpc) is 3.08. The van der Waals surface area contributed by atoms with Crippen molar-refractivity contribution in [2.45, 2.75) is 6.92 Å². The Kier molecular flexibility index (Phi) is 5.27. The van der Waals surface area contributed by atoms with Gasteiger partial charge < -0.3 is 14.8 Å². The molecule has 0 aliphatic carbocycles. The smallest absolute Gasteiger partial charge is 0.264 e. The van der Waals surface area contributed by atoms with Gasteiger partial charge in [-0.25, -0.2) is 4.99 Å². The predicted molar refractivity (Wildman–Crippen MR) is 119 cm³/mol. The van der Waals surface area contributed by atoms with Crippen molar-refractivity contribution in [2.75, 3.05) is 14.2 Å². The van der Waals surface area contributed by atoms with E-state index in [9.17, 15) is 4.79 Å². The first kappa shape index (κ1) is 19.1. The minimum Gasteiger partial charge on any atom is -0.497 e.